The first-order valence-electron chi connectivity index (χ1n) is 9.58. The first kappa shape index (κ1) is 18.5. The molecule has 0 radical (unpaired) electrons. The minimum absolute atomic E-state index is 0.239. The molecular formula is C21H20N4O2S2. The molecule has 6 nitrogen and oxygen atoms in total. The molecule has 0 spiro atoms. The van der Waals surface area contributed by atoms with Crippen molar-refractivity contribution < 1.29 is 8.42 Å². The second-order valence-electron chi connectivity index (χ2n) is 7.13. The van der Waals surface area contributed by atoms with Crippen LogP contribution in [0.3, 0.4) is 0 Å². The van der Waals surface area contributed by atoms with E-state index in [1.54, 1.807) is 54.1 Å². The maximum absolute atomic E-state index is 13.2. The van der Waals surface area contributed by atoms with Gasteiger partial charge in [0.2, 0.25) is 0 Å². The number of benzene rings is 1. The van der Waals surface area contributed by atoms with E-state index in [0.717, 1.165) is 47.6 Å². The number of piperidine rings is 1. The van der Waals surface area contributed by atoms with Gasteiger partial charge in [-0.15, -0.1) is 11.3 Å². The van der Waals surface area contributed by atoms with Gasteiger partial charge < -0.3 is 5.32 Å². The summed E-state index contributed by atoms with van der Waals surface area (Å²) in [7, 11) is -3.74. The summed E-state index contributed by atoms with van der Waals surface area (Å²) in [4.78, 5) is 9.48. The Labute approximate surface area is 173 Å². The summed E-state index contributed by atoms with van der Waals surface area (Å²) in [5.41, 5.74) is 2.32. The van der Waals surface area contributed by atoms with E-state index in [4.69, 9.17) is 4.98 Å². The van der Waals surface area contributed by atoms with Gasteiger partial charge >= 0.3 is 0 Å². The van der Waals surface area contributed by atoms with Crippen LogP contribution in [0.15, 0.2) is 65.1 Å². The van der Waals surface area contributed by atoms with Crippen molar-refractivity contribution in [3.8, 4) is 10.6 Å². The zero-order valence-corrected chi connectivity index (χ0v) is 17.3. The SMILES string of the molecule is O=S(=O)(c1ccccc1)n1cc(-c2nc(C3CCNCC3)cs2)c2cccnc21. The summed E-state index contributed by atoms with van der Waals surface area (Å²) in [5, 5.41) is 7.11. The zero-order chi connectivity index (χ0) is 19.8. The molecule has 1 aromatic carbocycles. The third-order valence-corrected chi connectivity index (χ3v) is 7.90. The van der Waals surface area contributed by atoms with Gasteiger partial charge in [-0.05, 0) is 50.2 Å². The lowest BCUT2D eigenvalue weighted by atomic mass is 9.95. The number of pyridine rings is 1. The van der Waals surface area contributed by atoms with Crippen molar-refractivity contribution in [2.24, 2.45) is 0 Å². The van der Waals surface area contributed by atoms with E-state index >= 15 is 0 Å². The highest BCUT2D eigenvalue weighted by molar-refractivity contribution is 7.90. The topological polar surface area (TPSA) is 76.9 Å². The molecule has 29 heavy (non-hydrogen) atoms. The molecule has 0 aliphatic carbocycles. The first-order chi connectivity index (χ1) is 14.1. The number of fused-ring (bicyclic) bond motifs is 1. The van der Waals surface area contributed by atoms with Crippen LogP contribution < -0.4 is 5.32 Å². The van der Waals surface area contributed by atoms with Crippen molar-refractivity contribution >= 4 is 32.4 Å². The highest BCUT2D eigenvalue weighted by Gasteiger charge is 2.24. The number of thiazole rings is 1. The van der Waals surface area contributed by atoms with Crippen LogP contribution in [-0.4, -0.2) is 35.4 Å². The molecule has 148 valence electrons. The van der Waals surface area contributed by atoms with Crippen LogP contribution in [0.4, 0.5) is 0 Å². The van der Waals surface area contributed by atoms with Crippen LogP contribution in [0.5, 0.6) is 0 Å². The summed E-state index contributed by atoms with van der Waals surface area (Å²) in [5.74, 6) is 0.459. The molecule has 5 rings (SSSR count). The van der Waals surface area contributed by atoms with Gasteiger partial charge in [-0.1, -0.05) is 18.2 Å². The summed E-state index contributed by atoms with van der Waals surface area (Å²) < 4.78 is 27.8. The van der Waals surface area contributed by atoms with Gasteiger partial charge in [0.15, 0.2) is 5.65 Å². The highest BCUT2D eigenvalue weighted by atomic mass is 32.2. The summed E-state index contributed by atoms with van der Waals surface area (Å²) >= 11 is 1.56. The average Bonchev–Trinajstić information content (AvgIpc) is 3.40. The number of nitrogens with one attached hydrogen (secondary N) is 1. The standard InChI is InChI=1S/C21H20N4O2S2/c26-29(27,16-5-2-1-3-6-16)25-13-18(17-7-4-10-23-20(17)25)21-24-19(14-28-21)15-8-11-22-12-9-15/h1-7,10,13-15,22H,8-9,11-12H2. The fourth-order valence-corrected chi connectivity index (χ4v) is 6.08. The van der Waals surface area contributed by atoms with E-state index in [1.165, 1.54) is 3.97 Å². The van der Waals surface area contributed by atoms with E-state index in [1.807, 2.05) is 12.1 Å². The lowest BCUT2D eigenvalue weighted by Crippen LogP contribution is -2.26. The Hall–Kier alpha value is -2.55. The first-order valence-corrected chi connectivity index (χ1v) is 11.9. The summed E-state index contributed by atoms with van der Waals surface area (Å²) in [6.45, 7) is 2.02. The quantitative estimate of drug-likeness (QED) is 0.538. The Morgan fingerprint density at radius 2 is 1.86 bits per heavy atom. The lowest BCUT2D eigenvalue weighted by Gasteiger charge is -2.20. The average molecular weight is 425 g/mol. The number of hydrogen-bond donors (Lipinski definition) is 1. The normalized spacial score (nSPS) is 15.7. The van der Waals surface area contributed by atoms with E-state index in [9.17, 15) is 8.42 Å². The van der Waals surface area contributed by atoms with Crippen molar-refractivity contribution in [1.82, 2.24) is 19.3 Å². The molecule has 1 aliphatic rings. The Balaban J connectivity index is 1.63. The largest absolute Gasteiger partial charge is 0.317 e. The molecule has 4 heterocycles. The third-order valence-electron chi connectivity index (χ3n) is 5.34. The van der Waals surface area contributed by atoms with E-state index in [0.29, 0.717) is 11.6 Å². The van der Waals surface area contributed by atoms with Crippen LogP contribution in [0.2, 0.25) is 0 Å². The molecule has 8 heteroatoms. The van der Waals surface area contributed by atoms with E-state index in [2.05, 4.69) is 15.7 Å². The van der Waals surface area contributed by atoms with Crippen LogP contribution in [0, 0.1) is 0 Å². The molecular weight excluding hydrogens is 404 g/mol. The van der Waals surface area contributed by atoms with Crippen LogP contribution in [0.25, 0.3) is 21.6 Å². The maximum Gasteiger partial charge on any atom is 0.269 e. The van der Waals surface area contributed by atoms with Crippen LogP contribution in [0.1, 0.15) is 24.5 Å². The molecule has 0 amide bonds. The molecule has 1 N–H and O–H groups in total. The van der Waals surface area contributed by atoms with Gasteiger partial charge in [-0.25, -0.2) is 22.4 Å². The molecule has 1 aliphatic heterocycles. The Morgan fingerprint density at radius 1 is 1.07 bits per heavy atom. The molecule has 1 fully saturated rings. The van der Waals surface area contributed by atoms with Crippen molar-refractivity contribution in [3.05, 3.63) is 65.9 Å². The predicted molar refractivity (Wildman–Crippen MR) is 115 cm³/mol. The molecule has 0 unspecified atom stereocenters. The van der Waals surface area contributed by atoms with Gasteiger partial charge in [0, 0.05) is 34.6 Å². The number of nitrogens with zero attached hydrogens (tertiary/aromatic N) is 3. The van der Waals surface area contributed by atoms with Gasteiger partial charge in [-0.2, -0.15) is 0 Å². The minimum atomic E-state index is -3.74. The highest BCUT2D eigenvalue weighted by Crippen LogP contribution is 2.36. The Bertz CT molecular complexity index is 1260. The molecule has 0 saturated carbocycles. The van der Waals surface area contributed by atoms with Gasteiger partial charge in [0.25, 0.3) is 10.0 Å². The number of hydrogen-bond acceptors (Lipinski definition) is 6. The smallest absolute Gasteiger partial charge is 0.269 e. The minimum Gasteiger partial charge on any atom is -0.317 e. The van der Waals surface area contributed by atoms with Crippen molar-refractivity contribution in [1.29, 1.82) is 0 Å². The monoisotopic (exact) mass is 424 g/mol. The molecule has 0 atom stereocenters. The van der Waals surface area contributed by atoms with Crippen molar-refractivity contribution in [2.75, 3.05) is 13.1 Å². The molecule has 3 aromatic heterocycles. The van der Waals surface area contributed by atoms with Gasteiger partial charge in [-0.3, -0.25) is 0 Å². The second-order valence-corrected chi connectivity index (χ2v) is 9.81. The van der Waals surface area contributed by atoms with Crippen LogP contribution in [-0.2, 0) is 10.0 Å². The Kier molecular flexibility index (Phi) is 4.69. The number of aromatic nitrogens is 3. The zero-order valence-electron chi connectivity index (χ0n) is 15.7. The predicted octanol–water partition coefficient (Wildman–Crippen LogP) is 3.86. The molecule has 4 aromatic rings. The molecule has 0 bridgehead atoms. The van der Waals surface area contributed by atoms with Crippen molar-refractivity contribution in [3.63, 3.8) is 0 Å². The lowest BCUT2D eigenvalue weighted by molar-refractivity contribution is 0.455. The van der Waals surface area contributed by atoms with Gasteiger partial charge in [0.1, 0.15) is 5.01 Å². The van der Waals surface area contributed by atoms with Gasteiger partial charge in [0.05, 0.1) is 10.6 Å². The van der Waals surface area contributed by atoms with E-state index < -0.39 is 10.0 Å². The van der Waals surface area contributed by atoms with Crippen LogP contribution >= 0.6 is 11.3 Å². The van der Waals surface area contributed by atoms with Crippen molar-refractivity contribution in [2.45, 2.75) is 23.7 Å². The third kappa shape index (κ3) is 3.27. The Morgan fingerprint density at radius 3 is 2.66 bits per heavy atom. The number of rotatable bonds is 4. The van der Waals surface area contributed by atoms with E-state index in [-0.39, 0.29) is 4.90 Å². The maximum atomic E-state index is 13.2. The summed E-state index contributed by atoms with van der Waals surface area (Å²) in [6, 6.07) is 12.2. The fourth-order valence-electron chi connectivity index (χ4n) is 3.81. The molecule has 1 saturated heterocycles. The fraction of sp³-hybridized carbons (Fsp3) is 0.238. The summed E-state index contributed by atoms with van der Waals surface area (Å²) in [6.07, 6.45) is 5.43. The second kappa shape index (κ2) is 7.37.